The Balaban J connectivity index is 1.99. The van der Waals surface area contributed by atoms with Crippen LogP contribution in [0, 0.1) is 17.7 Å². The normalized spacial score (nSPS) is 9.79. The summed E-state index contributed by atoms with van der Waals surface area (Å²) in [6.07, 6.45) is 0. The van der Waals surface area contributed by atoms with Crippen LogP contribution in [0.15, 0.2) is 53.4 Å². The van der Waals surface area contributed by atoms with Crippen molar-refractivity contribution >= 4 is 11.8 Å². The lowest BCUT2D eigenvalue weighted by atomic mass is 10.1. The molecule has 0 aromatic heterocycles. The van der Waals surface area contributed by atoms with Crippen LogP contribution < -0.4 is 5.73 Å². The molecule has 2 rings (SSSR count). The molecule has 0 atom stereocenters. The molecule has 0 fully saturated rings. The fraction of sp³-hybridized carbons (Fsp3) is 0.125. The molecule has 19 heavy (non-hydrogen) atoms. The zero-order valence-corrected chi connectivity index (χ0v) is 11.2. The third-order valence-corrected chi connectivity index (χ3v) is 3.64. The molecule has 0 bridgehead atoms. The van der Waals surface area contributed by atoms with Gasteiger partial charge in [0.1, 0.15) is 5.82 Å². The average molecular weight is 271 g/mol. The highest BCUT2D eigenvalue weighted by Crippen LogP contribution is 2.25. The fourth-order valence-corrected chi connectivity index (χ4v) is 2.46. The minimum Gasteiger partial charge on any atom is -0.320 e. The summed E-state index contributed by atoms with van der Waals surface area (Å²) in [5.74, 6) is 6.36. The first-order valence-electron chi connectivity index (χ1n) is 5.95. The third-order valence-electron chi connectivity index (χ3n) is 2.52. The van der Waals surface area contributed by atoms with E-state index < -0.39 is 0 Å². The second kappa shape index (κ2) is 6.98. The summed E-state index contributed by atoms with van der Waals surface area (Å²) in [6.45, 7) is 0.366. The van der Waals surface area contributed by atoms with Crippen LogP contribution in [0.3, 0.4) is 0 Å². The standard InChI is InChI=1S/C16H14FNS/c17-15-5-1-2-6-16(15)19-12-14-9-7-13(8-10-14)4-3-11-18/h1-2,5-10H,11-12,18H2. The van der Waals surface area contributed by atoms with Crippen molar-refractivity contribution in [3.63, 3.8) is 0 Å². The molecule has 0 unspecified atom stereocenters. The lowest BCUT2D eigenvalue weighted by molar-refractivity contribution is 0.602. The summed E-state index contributed by atoms with van der Waals surface area (Å²) in [5.41, 5.74) is 7.41. The van der Waals surface area contributed by atoms with E-state index in [-0.39, 0.29) is 5.82 Å². The van der Waals surface area contributed by atoms with Crippen molar-refractivity contribution in [2.45, 2.75) is 10.6 Å². The molecule has 1 nitrogen and oxygen atoms in total. The summed E-state index contributed by atoms with van der Waals surface area (Å²) in [7, 11) is 0. The first kappa shape index (κ1) is 13.7. The van der Waals surface area contributed by atoms with Gasteiger partial charge in [-0.2, -0.15) is 0 Å². The molecule has 0 saturated heterocycles. The lowest BCUT2D eigenvalue weighted by Gasteiger charge is -2.03. The Hall–Kier alpha value is -1.76. The molecule has 0 spiro atoms. The first-order chi connectivity index (χ1) is 9.29. The number of thioether (sulfide) groups is 1. The molecule has 3 heteroatoms. The molecule has 2 aromatic rings. The van der Waals surface area contributed by atoms with E-state index >= 15 is 0 Å². The van der Waals surface area contributed by atoms with Gasteiger partial charge in [0, 0.05) is 16.2 Å². The van der Waals surface area contributed by atoms with Crippen LogP contribution in [0.25, 0.3) is 0 Å². The van der Waals surface area contributed by atoms with Crippen molar-refractivity contribution in [2.75, 3.05) is 6.54 Å². The molecular formula is C16H14FNS. The number of nitrogens with two attached hydrogens (primary N) is 1. The Labute approximate surface area is 117 Å². The van der Waals surface area contributed by atoms with Gasteiger partial charge in [-0.1, -0.05) is 36.1 Å². The van der Waals surface area contributed by atoms with Crippen LogP contribution in [0.2, 0.25) is 0 Å². The summed E-state index contributed by atoms with van der Waals surface area (Å²) in [4.78, 5) is 0.675. The maximum Gasteiger partial charge on any atom is 0.136 e. The maximum absolute atomic E-state index is 13.4. The molecular weight excluding hydrogens is 257 g/mol. The molecule has 0 aliphatic heterocycles. The average Bonchev–Trinajstić information content (AvgIpc) is 2.45. The quantitative estimate of drug-likeness (QED) is 0.683. The SMILES string of the molecule is NCC#Cc1ccc(CSc2ccccc2F)cc1. The topological polar surface area (TPSA) is 26.0 Å². The number of halogens is 1. The molecule has 0 aliphatic carbocycles. The molecule has 0 heterocycles. The number of hydrogen-bond acceptors (Lipinski definition) is 2. The van der Waals surface area contributed by atoms with Crippen molar-refractivity contribution in [3.05, 3.63) is 65.5 Å². The zero-order chi connectivity index (χ0) is 13.5. The molecule has 0 radical (unpaired) electrons. The lowest BCUT2D eigenvalue weighted by Crippen LogP contribution is -1.93. The fourth-order valence-electron chi connectivity index (χ4n) is 1.56. The molecule has 0 aliphatic rings. The van der Waals surface area contributed by atoms with E-state index in [1.807, 2.05) is 30.3 Å². The second-order valence-electron chi connectivity index (χ2n) is 3.92. The highest BCUT2D eigenvalue weighted by atomic mass is 32.2. The number of rotatable bonds is 3. The van der Waals surface area contributed by atoms with Gasteiger partial charge in [-0.3, -0.25) is 0 Å². The minimum atomic E-state index is -0.169. The highest BCUT2D eigenvalue weighted by Gasteiger charge is 2.01. The molecule has 2 aromatic carbocycles. The van der Waals surface area contributed by atoms with Gasteiger partial charge in [-0.25, -0.2) is 4.39 Å². The Kier molecular flexibility index (Phi) is 5.02. The van der Waals surface area contributed by atoms with Crippen LogP contribution in [0.5, 0.6) is 0 Å². The van der Waals surface area contributed by atoms with Gasteiger partial charge in [-0.05, 0) is 29.8 Å². The number of benzene rings is 2. The Morgan fingerprint density at radius 1 is 1.05 bits per heavy atom. The highest BCUT2D eigenvalue weighted by molar-refractivity contribution is 7.98. The molecule has 0 amide bonds. The van der Waals surface area contributed by atoms with E-state index in [1.165, 1.54) is 17.8 Å². The van der Waals surface area contributed by atoms with Crippen LogP contribution in [-0.2, 0) is 5.75 Å². The predicted molar refractivity (Wildman–Crippen MR) is 78.3 cm³/mol. The minimum absolute atomic E-state index is 0.169. The van der Waals surface area contributed by atoms with Crippen LogP contribution in [0.1, 0.15) is 11.1 Å². The van der Waals surface area contributed by atoms with Gasteiger partial charge < -0.3 is 5.73 Å². The second-order valence-corrected chi connectivity index (χ2v) is 4.94. The summed E-state index contributed by atoms with van der Waals surface area (Å²) < 4.78 is 13.4. The van der Waals surface area contributed by atoms with Gasteiger partial charge >= 0.3 is 0 Å². The van der Waals surface area contributed by atoms with Gasteiger partial charge in [0.25, 0.3) is 0 Å². The molecule has 96 valence electrons. The van der Waals surface area contributed by atoms with Crippen LogP contribution in [-0.4, -0.2) is 6.54 Å². The van der Waals surface area contributed by atoms with E-state index in [0.717, 1.165) is 16.9 Å². The Bertz CT molecular complexity index is 596. The van der Waals surface area contributed by atoms with Crippen molar-refractivity contribution in [3.8, 4) is 11.8 Å². The van der Waals surface area contributed by atoms with E-state index in [0.29, 0.717) is 11.4 Å². The largest absolute Gasteiger partial charge is 0.320 e. The van der Waals surface area contributed by atoms with Crippen LogP contribution in [0.4, 0.5) is 4.39 Å². The third kappa shape index (κ3) is 4.13. The van der Waals surface area contributed by atoms with Gasteiger partial charge in [0.2, 0.25) is 0 Å². The summed E-state index contributed by atoms with van der Waals surface area (Å²) in [5, 5.41) is 0. The monoisotopic (exact) mass is 271 g/mol. The van der Waals surface area contributed by atoms with Crippen molar-refractivity contribution in [1.82, 2.24) is 0 Å². The Morgan fingerprint density at radius 3 is 2.47 bits per heavy atom. The van der Waals surface area contributed by atoms with Crippen molar-refractivity contribution in [1.29, 1.82) is 0 Å². The van der Waals surface area contributed by atoms with Crippen LogP contribution >= 0.6 is 11.8 Å². The molecule has 0 saturated carbocycles. The van der Waals surface area contributed by atoms with E-state index in [1.54, 1.807) is 12.1 Å². The Morgan fingerprint density at radius 2 is 1.79 bits per heavy atom. The van der Waals surface area contributed by atoms with Crippen molar-refractivity contribution < 1.29 is 4.39 Å². The zero-order valence-electron chi connectivity index (χ0n) is 10.4. The van der Waals surface area contributed by atoms with Gasteiger partial charge in [0.15, 0.2) is 0 Å². The van der Waals surface area contributed by atoms with E-state index in [9.17, 15) is 4.39 Å². The van der Waals surface area contributed by atoms with Gasteiger partial charge in [0.05, 0.1) is 6.54 Å². The van der Waals surface area contributed by atoms with Crippen molar-refractivity contribution in [2.24, 2.45) is 5.73 Å². The molecule has 2 N–H and O–H groups in total. The van der Waals surface area contributed by atoms with Gasteiger partial charge in [-0.15, -0.1) is 11.8 Å². The predicted octanol–water partition coefficient (Wildman–Crippen LogP) is 3.43. The first-order valence-corrected chi connectivity index (χ1v) is 6.93. The maximum atomic E-state index is 13.4. The van der Waals surface area contributed by atoms with E-state index in [4.69, 9.17) is 5.73 Å². The number of hydrogen-bond donors (Lipinski definition) is 1. The summed E-state index contributed by atoms with van der Waals surface area (Å²) >= 11 is 1.49. The summed E-state index contributed by atoms with van der Waals surface area (Å²) in [6, 6.07) is 14.7. The van der Waals surface area contributed by atoms with E-state index in [2.05, 4.69) is 11.8 Å². The smallest absolute Gasteiger partial charge is 0.136 e.